The lowest BCUT2D eigenvalue weighted by Gasteiger charge is -2.33. The van der Waals surface area contributed by atoms with Gasteiger partial charge in [-0.2, -0.15) is 4.98 Å². The van der Waals surface area contributed by atoms with Gasteiger partial charge in [-0.25, -0.2) is 9.36 Å². The van der Waals surface area contributed by atoms with E-state index in [1.54, 1.807) is 7.05 Å². The lowest BCUT2D eigenvalue weighted by molar-refractivity contribution is -0.145. The number of aromatic nitrogens is 4. The van der Waals surface area contributed by atoms with Crippen molar-refractivity contribution in [3.05, 3.63) is 86.1 Å². The predicted molar refractivity (Wildman–Crippen MR) is 138 cm³/mol. The molecule has 2 aromatic heterocycles. The van der Waals surface area contributed by atoms with E-state index in [1.165, 1.54) is 4.57 Å². The van der Waals surface area contributed by atoms with Gasteiger partial charge in [0.15, 0.2) is 11.2 Å². The first-order chi connectivity index (χ1) is 17.2. The molecule has 0 saturated heterocycles. The summed E-state index contributed by atoms with van der Waals surface area (Å²) in [7, 11) is 1.57. The lowest BCUT2D eigenvalue weighted by Crippen LogP contribution is -2.42. The Kier molecular flexibility index (Phi) is 5.99. The quantitative estimate of drug-likeness (QED) is 0.402. The van der Waals surface area contributed by atoms with Crippen molar-refractivity contribution >= 4 is 28.8 Å². The van der Waals surface area contributed by atoms with Gasteiger partial charge in [0.2, 0.25) is 5.95 Å². The maximum absolute atomic E-state index is 13.6. The highest BCUT2D eigenvalue weighted by Gasteiger charge is 2.30. The second kappa shape index (κ2) is 9.14. The van der Waals surface area contributed by atoms with Crippen LogP contribution in [0.5, 0.6) is 0 Å². The van der Waals surface area contributed by atoms with Crippen molar-refractivity contribution in [1.29, 1.82) is 0 Å². The van der Waals surface area contributed by atoms with Gasteiger partial charge in [-0.1, -0.05) is 43.3 Å². The van der Waals surface area contributed by atoms with Crippen LogP contribution in [0, 0.1) is 19.8 Å². The SMILES string of the molecule is Cc1cc(C)cc(N2C[C@H](C)Cn3c2nc2c3c(=O)n(CC(=O)OCc3ccccc3)c(=O)n2C)c1. The first-order valence-electron chi connectivity index (χ1n) is 12.0. The average Bonchev–Trinajstić information content (AvgIpc) is 3.23. The molecule has 0 saturated carbocycles. The summed E-state index contributed by atoms with van der Waals surface area (Å²) < 4.78 is 9.46. The molecule has 186 valence electrons. The van der Waals surface area contributed by atoms with Crippen molar-refractivity contribution in [3.8, 4) is 0 Å². The number of anilines is 2. The molecule has 0 amide bonds. The molecule has 0 fully saturated rings. The van der Waals surface area contributed by atoms with Crippen LogP contribution in [0.4, 0.5) is 11.6 Å². The van der Waals surface area contributed by atoms with Crippen LogP contribution in [-0.4, -0.2) is 31.2 Å². The number of carbonyl (C=O) groups is 1. The molecule has 0 unspecified atom stereocenters. The second-order valence-corrected chi connectivity index (χ2v) is 9.64. The zero-order valence-corrected chi connectivity index (χ0v) is 20.9. The molecule has 9 heteroatoms. The number of ether oxygens (including phenoxy) is 1. The predicted octanol–water partition coefficient (Wildman–Crippen LogP) is 3.04. The molecular weight excluding hydrogens is 458 g/mol. The van der Waals surface area contributed by atoms with Gasteiger partial charge in [-0.15, -0.1) is 0 Å². The van der Waals surface area contributed by atoms with Gasteiger partial charge in [0.1, 0.15) is 13.2 Å². The normalized spacial score (nSPS) is 15.2. The van der Waals surface area contributed by atoms with Gasteiger partial charge in [0, 0.05) is 25.8 Å². The molecule has 36 heavy (non-hydrogen) atoms. The summed E-state index contributed by atoms with van der Waals surface area (Å²) in [6.07, 6.45) is 0. The maximum Gasteiger partial charge on any atom is 0.333 e. The number of hydrogen-bond donors (Lipinski definition) is 0. The summed E-state index contributed by atoms with van der Waals surface area (Å²) in [5, 5.41) is 0. The van der Waals surface area contributed by atoms with Gasteiger partial charge in [0.05, 0.1) is 0 Å². The molecule has 0 radical (unpaired) electrons. The summed E-state index contributed by atoms with van der Waals surface area (Å²) in [6, 6.07) is 15.5. The molecule has 5 rings (SSSR count). The minimum absolute atomic E-state index is 0.0709. The Labute approximate surface area is 208 Å². The van der Waals surface area contributed by atoms with Crippen molar-refractivity contribution in [1.82, 2.24) is 18.7 Å². The largest absolute Gasteiger partial charge is 0.459 e. The van der Waals surface area contributed by atoms with Crippen molar-refractivity contribution in [3.63, 3.8) is 0 Å². The van der Waals surface area contributed by atoms with E-state index in [0.717, 1.165) is 33.5 Å². The third kappa shape index (κ3) is 4.21. The Morgan fingerprint density at radius 2 is 1.75 bits per heavy atom. The van der Waals surface area contributed by atoms with Gasteiger partial charge in [-0.3, -0.25) is 14.2 Å². The average molecular weight is 488 g/mol. The number of fused-ring (bicyclic) bond motifs is 3. The first-order valence-corrected chi connectivity index (χ1v) is 12.0. The van der Waals surface area contributed by atoms with Crippen LogP contribution in [0.3, 0.4) is 0 Å². The minimum atomic E-state index is -0.652. The third-order valence-electron chi connectivity index (χ3n) is 6.49. The molecule has 3 heterocycles. The number of rotatable bonds is 5. The molecular formula is C27H29N5O4. The second-order valence-electron chi connectivity index (χ2n) is 9.64. The number of benzene rings is 2. The highest BCUT2D eigenvalue weighted by atomic mass is 16.5. The Hall–Kier alpha value is -4.14. The van der Waals surface area contributed by atoms with E-state index in [-0.39, 0.29) is 12.5 Å². The molecule has 0 N–H and O–H groups in total. The first kappa shape index (κ1) is 23.6. The highest BCUT2D eigenvalue weighted by molar-refractivity contribution is 5.78. The van der Waals surface area contributed by atoms with Gasteiger partial charge in [-0.05, 0) is 48.6 Å². The molecule has 4 aromatic rings. The molecule has 0 bridgehead atoms. The van der Waals surface area contributed by atoms with Crippen LogP contribution < -0.4 is 16.1 Å². The van der Waals surface area contributed by atoms with Crippen LogP contribution in [0.2, 0.25) is 0 Å². The van der Waals surface area contributed by atoms with Crippen LogP contribution in [0.15, 0.2) is 58.1 Å². The summed E-state index contributed by atoms with van der Waals surface area (Å²) in [5.41, 5.74) is 3.55. The fraction of sp³-hybridized carbons (Fsp3) is 0.333. The Morgan fingerprint density at radius 1 is 1.06 bits per heavy atom. The van der Waals surface area contributed by atoms with Crippen LogP contribution >= 0.6 is 0 Å². The van der Waals surface area contributed by atoms with Crippen LogP contribution in [0.1, 0.15) is 23.6 Å². The number of imidazole rings is 1. The summed E-state index contributed by atoms with van der Waals surface area (Å²) in [4.78, 5) is 46.0. The van der Waals surface area contributed by atoms with E-state index in [1.807, 2.05) is 48.7 Å². The summed E-state index contributed by atoms with van der Waals surface area (Å²) in [6.45, 7) is 7.13. The maximum atomic E-state index is 13.6. The zero-order chi connectivity index (χ0) is 25.6. The number of esters is 1. The number of aryl methyl sites for hydroxylation is 3. The molecule has 0 aliphatic carbocycles. The van der Waals surface area contributed by atoms with Gasteiger partial charge < -0.3 is 14.2 Å². The number of hydrogen-bond acceptors (Lipinski definition) is 6. The molecule has 9 nitrogen and oxygen atoms in total. The third-order valence-corrected chi connectivity index (χ3v) is 6.49. The molecule has 1 aliphatic rings. The fourth-order valence-electron chi connectivity index (χ4n) is 4.88. The van der Waals surface area contributed by atoms with Crippen molar-refractivity contribution in [2.24, 2.45) is 13.0 Å². The van der Waals surface area contributed by atoms with E-state index < -0.39 is 23.8 Å². The zero-order valence-electron chi connectivity index (χ0n) is 20.9. The van der Waals surface area contributed by atoms with E-state index in [4.69, 9.17) is 9.72 Å². The van der Waals surface area contributed by atoms with Crippen molar-refractivity contribution < 1.29 is 9.53 Å². The smallest absolute Gasteiger partial charge is 0.333 e. The van der Waals surface area contributed by atoms with E-state index >= 15 is 0 Å². The van der Waals surface area contributed by atoms with E-state index in [2.05, 4.69) is 30.0 Å². The summed E-state index contributed by atoms with van der Waals surface area (Å²) in [5.74, 6) is 0.197. The van der Waals surface area contributed by atoms with Crippen LogP contribution in [-0.2, 0) is 36.3 Å². The number of carbonyl (C=O) groups excluding carboxylic acids is 1. The molecule has 1 atom stereocenters. The Bertz CT molecular complexity index is 1560. The summed E-state index contributed by atoms with van der Waals surface area (Å²) >= 11 is 0. The highest BCUT2D eigenvalue weighted by Crippen LogP contribution is 2.33. The van der Waals surface area contributed by atoms with Crippen molar-refractivity contribution in [2.45, 2.75) is 40.5 Å². The topological polar surface area (TPSA) is 91.4 Å². The van der Waals surface area contributed by atoms with Crippen LogP contribution in [0.25, 0.3) is 11.2 Å². The molecule has 0 spiro atoms. The van der Waals surface area contributed by atoms with Gasteiger partial charge in [0.25, 0.3) is 5.56 Å². The monoisotopic (exact) mass is 487 g/mol. The minimum Gasteiger partial charge on any atom is -0.459 e. The number of nitrogens with zero attached hydrogens (tertiary/aromatic N) is 5. The lowest BCUT2D eigenvalue weighted by atomic mass is 10.1. The van der Waals surface area contributed by atoms with Gasteiger partial charge >= 0.3 is 11.7 Å². The standard InChI is InChI=1S/C27H29N5O4/c1-17-10-18(2)12-21(11-17)30-13-19(3)14-31-23-24(28-26(30)31)29(4)27(35)32(25(23)34)15-22(33)36-16-20-8-6-5-7-9-20/h5-12,19H,13-16H2,1-4H3/t19-/m0/s1. The Morgan fingerprint density at radius 3 is 2.44 bits per heavy atom. The van der Waals surface area contributed by atoms with Crippen molar-refractivity contribution in [2.75, 3.05) is 11.4 Å². The molecule has 1 aliphatic heterocycles. The van der Waals surface area contributed by atoms with E-state index in [0.29, 0.717) is 23.7 Å². The molecule has 2 aromatic carbocycles. The fourth-order valence-corrected chi connectivity index (χ4v) is 4.88. The van der Waals surface area contributed by atoms with E-state index in [9.17, 15) is 14.4 Å². The Balaban J connectivity index is 1.56.